The quantitative estimate of drug-likeness (QED) is 0.224. The topological polar surface area (TPSA) is 0 Å². The predicted molar refractivity (Wildman–Crippen MR) is 92.9 cm³/mol. The first-order chi connectivity index (χ1) is 8.21. The summed E-state index contributed by atoms with van der Waals surface area (Å²) in [4.78, 5) is 0. The third-order valence-electron chi connectivity index (χ3n) is 2.65. The summed E-state index contributed by atoms with van der Waals surface area (Å²) < 4.78 is 0. The molecule has 0 aromatic rings. The third-order valence-corrected chi connectivity index (χ3v) is 6.59. The van der Waals surface area contributed by atoms with Crippen LogP contribution in [-0.4, -0.2) is 13.4 Å². The van der Waals surface area contributed by atoms with E-state index in [-0.39, 0.29) is 0 Å². The zero-order chi connectivity index (χ0) is 14.1. The molecule has 108 valence electrons. The molecule has 0 saturated carbocycles. The number of hydrogen-bond acceptors (Lipinski definition) is 0. The van der Waals surface area contributed by atoms with Crippen LogP contribution in [-0.2, 0) is 0 Å². The van der Waals surface area contributed by atoms with Crippen molar-refractivity contribution in [3.63, 3.8) is 0 Å². The van der Waals surface area contributed by atoms with E-state index in [4.69, 9.17) is 44.3 Å². The largest absolute Gasteiger partial charge is 0.270 e. The zero-order valence-corrected chi connectivity index (χ0v) is 16.3. The van der Waals surface area contributed by atoms with Crippen molar-refractivity contribution < 1.29 is 0 Å². The van der Waals surface area contributed by atoms with Gasteiger partial charge in [-0.3, -0.25) is 0 Å². The van der Waals surface area contributed by atoms with Crippen LogP contribution in [0.5, 0.6) is 0 Å². The van der Waals surface area contributed by atoms with Gasteiger partial charge in [0.1, 0.15) is 0 Å². The lowest BCUT2D eigenvalue weighted by atomic mass is 10.1. The molecule has 0 rings (SSSR count). The summed E-state index contributed by atoms with van der Waals surface area (Å²) in [5.74, 6) is 0. The molecule has 0 radical (unpaired) electrons. The molecule has 0 fully saturated rings. The van der Waals surface area contributed by atoms with Gasteiger partial charge in [0.25, 0.3) is 6.69 Å². The van der Waals surface area contributed by atoms with Gasteiger partial charge in [-0.1, -0.05) is 43.9 Å². The van der Waals surface area contributed by atoms with E-state index in [2.05, 4.69) is 6.08 Å². The second-order valence-electron chi connectivity index (χ2n) is 5.09. The smallest absolute Gasteiger partial charge is 0.146 e. The van der Waals surface area contributed by atoms with E-state index < -0.39 is 13.4 Å². The lowest BCUT2D eigenvalue weighted by Gasteiger charge is -2.08. The second-order valence-corrected chi connectivity index (χ2v) is 20.9. The fraction of sp³-hybridized carbons (Fsp3) is 0.833. The molecular formula is C12H24Cl4Si2. The highest BCUT2D eigenvalue weighted by Gasteiger charge is 2.19. The van der Waals surface area contributed by atoms with Crippen molar-refractivity contribution in [3.05, 3.63) is 11.8 Å². The van der Waals surface area contributed by atoms with Gasteiger partial charge in [-0.2, -0.15) is 0 Å². The Bertz CT molecular complexity index is 231. The molecular weight excluding hydrogens is 342 g/mol. The van der Waals surface area contributed by atoms with Gasteiger partial charge in [-0.05, 0) is 32.0 Å². The molecule has 18 heavy (non-hydrogen) atoms. The first-order valence-corrected chi connectivity index (χ1v) is 16.0. The molecule has 0 saturated heterocycles. The summed E-state index contributed by atoms with van der Waals surface area (Å²) in [7, 11) is 0. The molecule has 0 aromatic heterocycles. The predicted octanol–water partition coefficient (Wildman–Crippen LogP) is 6.91. The van der Waals surface area contributed by atoms with Crippen LogP contribution in [0.25, 0.3) is 0 Å². The number of hydrogen-bond donors (Lipinski definition) is 0. The van der Waals surface area contributed by atoms with E-state index in [9.17, 15) is 0 Å². The molecule has 0 nitrogen and oxygen atoms in total. The van der Waals surface area contributed by atoms with E-state index in [0.717, 1.165) is 12.5 Å². The standard InChI is InChI=1S/C12H24Cl4Si2/c1-17(13,14)11-9-7-5-3-4-6-8-10-12-18(2,15)16/h9,11H,3-8,10,12H2,1-2H3. The summed E-state index contributed by atoms with van der Waals surface area (Å²) in [6, 6.07) is 1.02. The monoisotopic (exact) mass is 364 g/mol. The lowest BCUT2D eigenvalue weighted by Crippen LogP contribution is -2.11. The number of rotatable bonds is 10. The van der Waals surface area contributed by atoms with Gasteiger partial charge in [0, 0.05) is 0 Å². The molecule has 0 aliphatic carbocycles. The molecule has 0 aliphatic rings. The first-order valence-electron chi connectivity index (χ1n) is 6.64. The average molecular weight is 366 g/mol. The van der Waals surface area contributed by atoms with E-state index in [0.29, 0.717) is 0 Å². The normalized spacial score (nSPS) is 13.4. The Morgan fingerprint density at radius 1 is 0.778 bits per heavy atom. The van der Waals surface area contributed by atoms with Crippen molar-refractivity contribution >= 4 is 57.7 Å². The molecule has 0 aromatic carbocycles. The van der Waals surface area contributed by atoms with Crippen LogP contribution in [0.3, 0.4) is 0 Å². The Labute approximate surface area is 133 Å². The Morgan fingerprint density at radius 2 is 1.28 bits per heavy atom. The lowest BCUT2D eigenvalue weighted by molar-refractivity contribution is 0.610. The SMILES string of the molecule is C[Si](Cl)(Cl)C=CCCCCCCCC[Si](C)(Cl)Cl. The van der Waals surface area contributed by atoms with Gasteiger partial charge in [-0.15, -0.1) is 44.3 Å². The fourth-order valence-corrected chi connectivity index (χ4v) is 4.48. The third kappa shape index (κ3) is 17.3. The number of unbranched alkanes of at least 4 members (excludes halogenated alkanes) is 6. The minimum atomic E-state index is -2.02. The van der Waals surface area contributed by atoms with Crippen LogP contribution in [0.15, 0.2) is 11.8 Å². The van der Waals surface area contributed by atoms with Crippen LogP contribution < -0.4 is 0 Å². The van der Waals surface area contributed by atoms with Crippen LogP contribution in [0, 0.1) is 0 Å². The molecule has 0 amide bonds. The van der Waals surface area contributed by atoms with E-state index in [1.54, 1.807) is 0 Å². The molecule has 0 spiro atoms. The summed E-state index contributed by atoms with van der Waals surface area (Å²) in [6.07, 6.45) is 10.8. The van der Waals surface area contributed by atoms with Crippen LogP contribution >= 0.6 is 44.3 Å². The Morgan fingerprint density at radius 3 is 1.78 bits per heavy atom. The highest BCUT2D eigenvalue weighted by Crippen LogP contribution is 2.23. The molecule has 0 aliphatic heterocycles. The van der Waals surface area contributed by atoms with E-state index in [1.165, 1.54) is 38.5 Å². The minimum Gasteiger partial charge on any atom is -0.146 e. The van der Waals surface area contributed by atoms with Gasteiger partial charge in [0.2, 0.25) is 6.69 Å². The van der Waals surface area contributed by atoms with Crippen molar-refractivity contribution in [2.24, 2.45) is 0 Å². The molecule has 0 bridgehead atoms. The minimum absolute atomic E-state index is 1.02. The van der Waals surface area contributed by atoms with Crippen LogP contribution in [0.4, 0.5) is 0 Å². The number of allylic oxidation sites excluding steroid dienone is 1. The summed E-state index contributed by atoms with van der Waals surface area (Å²) in [6.45, 7) is 0.0418. The molecule has 0 heterocycles. The van der Waals surface area contributed by atoms with Crippen molar-refractivity contribution in [2.75, 3.05) is 0 Å². The maximum Gasteiger partial charge on any atom is 0.270 e. The molecule has 0 N–H and O–H groups in total. The van der Waals surface area contributed by atoms with Crippen LogP contribution in [0.2, 0.25) is 19.1 Å². The van der Waals surface area contributed by atoms with Crippen molar-refractivity contribution in [2.45, 2.75) is 64.1 Å². The Kier molecular flexibility index (Phi) is 10.9. The fourth-order valence-electron chi connectivity index (χ4n) is 1.69. The molecule has 0 unspecified atom stereocenters. The second kappa shape index (κ2) is 10.1. The van der Waals surface area contributed by atoms with Gasteiger partial charge < -0.3 is 0 Å². The molecule has 6 heteroatoms. The van der Waals surface area contributed by atoms with Crippen molar-refractivity contribution in [3.8, 4) is 0 Å². The maximum absolute atomic E-state index is 6.05. The van der Waals surface area contributed by atoms with Gasteiger partial charge in [-0.25, -0.2) is 0 Å². The van der Waals surface area contributed by atoms with Crippen molar-refractivity contribution in [1.82, 2.24) is 0 Å². The summed E-state index contributed by atoms with van der Waals surface area (Å²) in [5, 5.41) is 0. The number of halogens is 4. The van der Waals surface area contributed by atoms with Crippen LogP contribution in [0.1, 0.15) is 44.9 Å². The van der Waals surface area contributed by atoms with Crippen molar-refractivity contribution in [1.29, 1.82) is 0 Å². The van der Waals surface area contributed by atoms with E-state index in [1.807, 2.05) is 18.8 Å². The van der Waals surface area contributed by atoms with Gasteiger partial charge in [0.05, 0.1) is 0 Å². The Hall–Kier alpha value is 1.33. The van der Waals surface area contributed by atoms with E-state index >= 15 is 0 Å². The molecule has 0 atom stereocenters. The van der Waals surface area contributed by atoms with Gasteiger partial charge in [0.15, 0.2) is 0 Å². The first kappa shape index (κ1) is 19.3. The average Bonchev–Trinajstić information content (AvgIpc) is 2.17. The van der Waals surface area contributed by atoms with Gasteiger partial charge >= 0.3 is 0 Å². The Balaban J connectivity index is 3.25. The summed E-state index contributed by atoms with van der Waals surface area (Å²) in [5.41, 5.74) is 1.99. The highest BCUT2D eigenvalue weighted by molar-refractivity contribution is 7.47. The maximum atomic E-state index is 6.05. The highest BCUT2D eigenvalue weighted by atomic mass is 35.7. The zero-order valence-electron chi connectivity index (χ0n) is 11.3. The summed E-state index contributed by atoms with van der Waals surface area (Å²) >= 11 is 24.0.